The highest BCUT2D eigenvalue weighted by molar-refractivity contribution is 6.06. The maximum atomic E-state index is 13.4. The zero-order valence-electron chi connectivity index (χ0n) is 14.7. The zero-order chi connectivity index (χ0) is 17.6. The van der Waals surface area contributed by atoms with Gasteiger partial charge < -0.3 is 19.4 Å². The number of fused-ring (bicyclic) bond motifs is 2. The summed E-state index contributed by atoms with van der Waals surface area (Å²) >= 11 is 0. The van der Waals surface area contributed by atoms with Gasteiger partial charge in [-0.2, -0.15) is 0 Å². The van der Waals surface area contributed by atoms with Crippen molar-refractivity contribution in [3.8, 4) is 0 Å². The summed E-state index contributed by atoms with van der Waals surface area (Å²) in [6.45, 7) is 3.97. The molecule has 0 bridgehead atoms. The van der Waals surface area contributed by atoms with Gasteiger partial charge in [0.25, 0.3) is 5.91 Å². The smallest absolute Gasteiger partial charge is 0.255 e. The Morgan fingerprint density at radius 1 is 1.32 bits per heavy atom. The third-order valence-electron chi connectivity index (χ3n) is 4.82. The molecule has 0 aliphatic carbocycles. The van der Waals surface area contributed by atoms with E-state index in [9.17, 15) is 4.79 Å². The van der Waals surface area contributed by atoms with Gasteiger partial charge in [0.1, 0.15) is 5.82 Å². The molecule has 7 nitrogen and oxygen atoms in total. The second-order valence-corrected chi connectivity index (χ2v) is 6.87. The number of nitrogens with one attached hydrogen (secondary N) is 1. The zero-order valence-corrected chi connectivity index (χ0v) is 14.7. The number of nitrogens with zero attached hydrogens (tertiary/aromatic N) is 5. The number of benzene rings is 1. The SMILES string of the molecule is Cc1nnc2n1CC(CN(C)C)N(C(=O)c1cccc3[nH]ccc13)C2. The normalized spacial score (nSPS) is 17.3. The third kappa shape index (κ3) is 2.70. The van der Waals surface area contributed by atoms with Gasteiger partial charge in [-0.3, -0.25) is 4.79 Å². The minimum atomic E-state index is 0.0453. The summed E-state index contributed by atoms with van der Waals surface area (Å²) in [5.41, 5.74) is 1.71. The van der Waals surface area contributed by atoms with Gasteiger partial charge in [0.05, 0.1) is 12.6 Å². The number of rotatable bonds is 3. The van der Waals surface area contributed by atoms with Gasteiger partial charge in [-0.25, -0.2) is 0 Å². The van der Waals surface area contributed by atoms with Crippen LogP contribution in [0.4, 0.5) is 0 Å². The summed E-state index contributed by atoms with van der Waals surface area (Å²) in [5, 5.41) is 9.38. The number of H-pyrrole nitrogens is 1. The highest BCUT2D eigenvalue weighted by atomic mass is 16.2. The van der Waals surface area contributed by atoms with Crippen LogP contribution in [-0.4, -0.2) is 62.1 Å². The number of likely N-dealkylation sites (N-methyl/N-ethyl adjacent to an activating group) is 1. The fourth-order valence-corrected chi connectivity index (χ4v) is 3.61. The Labute approximate surface area is 146 Å². The van der Waals surface area contributed by atoms with E-state index < -0.39 is 0 Å². The fraction of sp³-hybridized carbons (Fsp3) is 0.389. The molecule has 1 unspecified atom stereocenters. The molecule has 3 aromatic rings. The van der Waals surface area contributed by atoms with Crippen LogP contribution in [0.2, 0.25) is 0 Å². The minimum Gasteiger partial charge on any atom is -0.361 e. The van der Waals surface area contributed by atoms with E-state index in [0.29, 0.717) is 6.54 Å². The van der Waals surface area contributed by atoms with Crippen LogP contribution in [0.15, 0.2) is 30.5 Å². The van der Waals surface area contributed by atoms with Crippen LogP contribution in [-0.2, 0) is 13.1 Å². The Morgan fingerprint density at radius 3 is 2.96 bits per heavy atom. The number of amides is 1. The summed E-state index contributed by atoms with van der Waals surface area (Å²) in [6, 6.07) is 7.85. The lowest BCUT2D eigenvalue weighted by Crippen LogP contribution is -2.51. The van der Waals surface area contributed by atoms with Crippen LogP contribution >= 0.6 is 0 Å². The van der Waals surface area contributed by atoms with Crippen LogP contribution < -0.4 is 0 Å². The first-order chi connectivity index (χ1) is 12.0. The molecule has 0 saturated heterocycles. The Morgan fingerprint density at radius 2 is 2.16 bits per heavy atom. The topological polar surface area (TPSA) is 70.1 Å². The Bertz CT molecular complexity index is 925. The van der Waals surface area contributed by atoms with Crippen molar-refractivity contribution in [1.29, 1.82) is 0 Å². The van der Waals surface area contributed by atoms with Crippen molar-refractivity contribution in [2.45, 2.75) is 26.1 Å². The number of aromatic nitrogens is 4. The van der Waals surface area contributed by atoms with Crippen LogP contribution in [0.25, 0.3) is 10.9 Å². The lowest BCUT2D eigenvalue weighted by molar-refractivity contribution is 0.0545. The summed E-state index contributed by atoms with van der Waals surface area (Å²) in [6.07, 6.45) is 1.87. The Balaban J connectivity index is 1.73. The van der Waals surface area contributed by atoms with E-state index in [2.05, 4.69) is 24.6 Å². The molecule has 1 atom stereocenters. The van der Waals surface area contributed by atoms with E-state index in [0.717, 1.165) is 41.2 Å². The molecule has 1 aliphatic rings. The van der Waals surface area contributed by atoms with E-state index in [1.54, 1.807) is 0 Å². The number of hydrogen-bond donors (Lipinski definition) is 1. The van der Waals surface area contributed by atoms with Gasteiger partial charge in [-0.1, -0.05) is 6.07 Å². The molecule has 7 heteroatoms. The van der Waals surface area contributed by atoms with Crippen molar-refractivity contribution >= 4 is 16.8 Å². The second-order valence-electron chi connectivity index (χ2n) is 6.87. The molecule has 4 rings (SSSR count). The molecular formula is C18H22N6O. The first-order valence-electron chi connectivity index (χ1n) is 8.45. The highest BCUT2D eigenvalue weighted by Crippen LogP contribution is 2.24. The average molecular weight is 338 g/mol. The molecule has 2 aromatic heterocycles. The van der Waals surface area contributed by atoms with E-state index in [1.807, 2.05) is 56.4 Å². The summed E-state index contributed by atoms with van der Waals surface area (Å²) < 4.78 is 2.12. The summed E-state index contributed by atoms with van der Waals surface area (Å²) in [5.74, 6) is 1.80. The van der Waals surface area contributed by atoms with Gasteiger partial charge in [0, 0.05) is 35.8 Å². The number of aryl methyl sites for hydroxylation is 1. The average Bonchev–Trinajstić information content (AvgIpc) is 3.20. The molecule has 1 amide bonds. The minimum absolute atomic E-state index is 0.0453. The molecule has 130 valence electrons. The molecule has 1 N–H and O–H groups in total. The van der Waals surface area contributed by atoms with E-state index in [-0.39, 0.29) is 11.9 Å². The standard InChI is InChI=1S/C18H22N6O/c1-12-20-21-17-11-24(13(9-22(2)3)10-23(12)17)18(25)15-5-4-6-16-14(15)7-8-19-16/h4-8,13,19H,9-11H2,1-3H3. The van der Waals surface area contributed by atoms with Crippen molar-refractivity contribution in [3.05, 3.63) is 47.7 Å². The van der Waals surface area contributed by atoms with Gasteiger partial charge >= 0.3 is 0 Å². The molecule has 1 aliphatic heterocycles. The molecule has 0 saturated carbocycles. The van der Waals surface area contributed by atoms with Gasteiger partial charge in [-0.15, -0.1) is 10.2 Å². The number of carbonyl (C=O) groups is 1. The fourth-order valence-electron chi connectivity index (χ4n) is 3.61. The summed E-state index contributed by atoms with van der Waals surface area (Å²) in [4.78, 5) is 20.6. The molecule has 0 spiro atoms. The van der Waals surface area contributed by atoms with Gasteiger partial charge in [0.15, 0.2) is 5.82 Å². The molecule has 25 heavy (non-hydrogen) atoms. The Hall–Kier alpha value is -2.67. The summed E-state index contributed by atoms with van der Waals surface area (Å²) in [7, 11) is 4.06. The molecule has 1 aromatic carbocycles. The highest BCUT2D eigenvalue weighted by Gasteiger charge is 2.33. The lowest BCUT2D eigenvalue weighted by Gasteiger charge is -2.37. The van der Waals surface area contributed by atoms with Crippen molar-refractivity contribution in [3.63, 3.8) is 0 Å². The quantitative estimate of drug-likeness (QED) is 0.788. The number of aromatic amines is 1. The molecule has 3 heterocycles. The van der Waals surface area contributed by atoms with Crippen molar-refractivity contribution < 1.29 is 4.79 Å². The lowest BCUT2D eigenvalue weighted by atomic mass is 10.1. The maximum Gasteiger partial charge on any atom is 0.255 e. The van der Waals surface area contributed by atoms with Crippen LogP contribution in [0.5, 0.6) is 0 Å². The molecule has 0 fully saturated rings. The predicted molar refractivity (Wildman–Crippen MR) is 95.3 cm³/mol. The van der Waals surface area contributed by atoms with Gasteiger partial charge in [0.2, 0.25) is 0 Å². The first-order valence-corrected chi connectivity index (χ1v) is 8.45. The monoisotopic (exact) mass is 338 g/mol. The maximum absolute atomic E-state index is 13.4. The van der Waals surface area contributed by atoms with Crippen molar-refractivity contribution in [1.82, 2.24) is 29.5 Å². The van der Waals surface area contributed by atoms with Crippen molar-refractivity contribution in [2.75, 3.05) is 20.6 Å². The molecular weight excluding hydrogens is 316 g/mol. The van der Waals surface area contributed by atoms with Crippen LogP contribution in [0.1, 0.15) is 22.0 Å². The largest absolute Gasteiger partial charge is 0.361 e. The Kier molecular flexibility index (Phi) is 3.80. The van der Waals surface area contributed by atoms with E-state index in [1.165, 1.54) is 0 Å². The number of hydrogen-bond acceptors (Lipinski definition) is 4. The number of carbonyl (C=O) groups excluding carboxylic acids is 1. The second kappa shape index (κ2) is 6.00. The third-order valence-corrected chi connectivity index (χ3v) is 4.82. The van der Waals surface area contributed by atoms with E-state index >= 15 is 0 Å². The van der Waals surface area contributed by atoms with Crippen LogP contribution in [0.3, 0.4) is 0 Å². The molecule has 0 radical (unpaired) electrons. The van der Waals surface area contributed by atoms with E-state index in [4.69, 9.17) is 0 Å². The first kappa shape index (κ1) is 15.8. The van der Waals surface area contributed by atoms with Crippen LogP contribution in [0, 0.1) is 6.92 Å². The van der Waals surface area contributed by atoms with Gasteiger partial charge in [-0.05, 0) is 39.2 Å². The van der Waals surface area contributed by atoms with Crippen molar-refractivity contribution in [2.24, 2.45) is 0 Å². The predicted octanol–water partition coefficient (Wildman–Crippen LogP) is 1.65.